The van der Waals surface area contributed by atoms with Crippen molar-refractivity contribution in [1.29, 1.82) is 0 Å². The lowest BCUT2D eigenvalue weighted by atomic mass is 10.2. The lowest BCUT2D eigenvalue weighted by Gasteiger charge is -1.93. The summed E-state index contributed by atoms with van der Waals surface area (Å²) in [5.41, 5.74) is 5.82. The molecule has 3 N–H and O–H groups in total. The summed E-state index contributed by atoms with van der Waals surface area (Å²) in [5.74, 6) is -0.972. The molecule has 0 atom stereocenters. The Morgan fingerprint density at radius 2 is 2.40 bits per heavy atom. The number of rotatable bonds is 1. The van der Waals surface area contributed by atoms with Gasteiger partial charge in [0.05, 0.1) is 5.56 Å². The summed E-state index contributed by atoms with van der Waals surface area (Å²) in [7, 11) is 0. The highest BCUT2D eigenvalue weighted by Crippen LogP contribution is 2.04. The van der Waals surface area contributed by atoms with Gasteiger partial charge in [-0.2, -0.15) is 0 Å². The Balaban J connectivity index is 3.07. The number of hydrogen-bond donors (Lipinski definition) is 2. The van der Waals surface area contributed by atoms with Crippen LogP contribution in [0.15, 0.2) is 18.2 Å². The first-order valence-electron chi connectivity index (χ1n) is 2.70. The summed E-state index contributed by atoms with van der Waals surface area (Å²) in [6.07, 6.45) is 0. The maximum Gasteiger partial charge on any atom is 0.335 e. The van der Waals surface area contributed by atoms with Gasteiger partial charge >= 0.3 is 5.97 Å². The van der Waals surface area contributed by atoms with E-state index in [1.165, 1.54) is 18.2 Å². The van der Waals surface area contributed by atoms with Crippen molar-refractivity contribution < 1.29 is 9.90 Å². The second-order valence-corrected chi connectivity index (χ2v) is 1.84. The normalized spacial score (nSPS) is 9.20. The van der Waals surface area contributed by atoms with E-state index in [2.05, 4.69) is 6.07 Å². The smallest absolute Gasteiger partial charge is 0.335 e. The van der Waals surface area contributed by atoms with E-state index in [0.717, 1.165) is 0 Å². The van der Waals surface area contributed by atoms with Crippen molar-refractivity contribution in [3.63, 3.8) is 0 Å². The van der Waals surface area contributed by atoms with E-state index in [9.17, 15) is 4.79 Å². The van der Waals surface area contributed by atoms with Crippen molar-refractivity contribution in [1.82, 2.24) is 0 Å². The summed E-state index contributed by atoms with van der Waals surface area (Å²) < 4.78 is 0. The van der Waals surface area contributed by atoms with Crippen LogP contribution in [0.3, 0.4) is 0 Å². The van der Waals surface area contributed by atoms with Crippen LogP contribution in [0.4, 0.5) is 5.69 Å². The molecule has 0 fully saturated rings. The van der Waals surface area contributed by atoms with Crippen LogP contribution in [-0.2, 0) is 0 Å². The van der Waals surface area contributed by atoms with Gasteiger partial charge in [-0.25, -0.2) is 4.79 Å². The summed E-state index contributed by atoms with van der Waals surface area (Å²) in [6.45, 7) is 0. The van der Waals surface area contributed by atoms with Crippen molar-refractivity contribution in [2.24, 2.45) is 0 Å². The molecule has 0 unspecified atom stereocenters. The molecule has 3 nitrogen and oxygen atoms in total. The minimum absolute atomic E-state index is 0.191. The molecule has 0 aliphatic carbocycles. The van der Waals surface area contributed by atoms with Gasteiger partial charge in [0.1, 0.15) is 0 Å². The fourth-order valence-electron chi connectivity index (χ4n) is 0.618. The van der Waals surface area contributed by atoms with Gasteiger partial charge in [0, 0.05) is 11.8 Å². The molecule has 10 heavy (non-hydrogen) atoms. The van der Waals surface area contributed by atoms with Gasteiger partial charge < -0.3 is 10.8 Å². The van der Waals surface area contributed by atoms with Crippen LogP contribution < -0.4 is 5.73 Å². The second kappa shape index (κ2) is 2.39. The Morgan fingerprint density at radius 1 is 1.70 bits per heavy atom. The lowest BCUT2D eigenvalue weighted by Crippen LogP contribution is -1.96. The molecular weight excluding hydrogens is 130 g/mol. The molecule has 1 rings (SSSR count). The minimum Gasteiger partial charge on any atom is -0.478 e. The zero-order valence-corrected chi connectivity index (χ0v) is 5.16. The third-order valence-electron chi connectivity index (χ3n) is 1.07. The first-order valence-corrected chi connectivity index (χ1v) is 2.70. The standard InChI is InChI=1S/C7H6NO2/c8-6-3-1-2-5(4-6)7(9)10/h1-2,4H,8H2,(H,9,10). The highest BCUT2D eigenvalue weighted by Gasteiger charge is 1.99. The number of carboxylic acids is 1. The number of carbonyl (C=O) groups is 1. The van der Waals surface area contributed by atoms with Crippen LogP contribution in [0.1, 0.15) is 10.4 Å². The van der Waals surface area contributed by atoms with E-state index in [1.807, 2.05) is 0 Å². The molecule has 0 aliphatic heterocycles. The van der Waals surface area contributed by atoms with Gasteiger partial charge in [0.15, 0.2) is 0 Å². The largest absolute Gasteiger partial charge is 0.478 e. The summed E-state index contributed by atoms with van der Waals surface area (Å²) in [6, 6.07) is 6.93. The van der Waals surface area contributed by atoms with Gasteiger partial charge in [-0.05, 0) is 12.1 Å². The number of nitrogen functional groups attached to an aromatic ring is 1. The molecule has 3 heteroatoms. The van der Waals surface area contributed by atoms with E-state index >= 15 is 0 Å². The van der Waals surface area contributed by atoms with E-state index in [1.54, 1.807) is 0 Å². The highest BCUT2D eigenvalue weighted by atomic mass is 16.4. The first-order chi connectivity index (χ1) is 4.70. The fraction of sp³-hybridized carbons (Fsp3) is 0. The van der Waals surface area contributed by atoms with Crippen LogP contribution in [0.5, 0.6) is 0 Å². The van der Waals surface area contributed by atoms with Crippen LogP contribution in [-0.4, -0.2) is 11.1 Å². The van der Waals surface area contributed by atoms with Crippen molar-refractivity contribution in [3.8, 4) is 0 Å². The molecule has 1 aromatic carbocycles. The topological polar surface area (TPSA) is 63.3 Å². The number of carboxylic acid groups (broad SMARTS) is 1. The number of nitrogens with two attached hydrogens (primary N) is 1. The van der Waals surface area contributed by atoms with Crippen molar-refractivity contribution >= 4 is 11.7 Å². The molecule has 1 aromatic rings. The number of anilines is 1. The average molecular weight is 136 g/mol. The molecule has 0 amide bonds. The predicted molar refractivity (Wildman–Crippen MR) is 36.6 cm³/mol. The summed E-state index contributed by atoms with van der Waals surface area (Å²) in [5, 5.41) is 8.44. The fourth-order valence-corrected chi connectivity index (χ4v) is 0.618. The van der Waals surface area contributed by atoms with Crippen LogP contribution in [0.25, 0.3) is 0 Å². The van der Waals surface area contributed by atoms with Crippen LogP contribution >= 0.6 is 0 Å². The number of benzene rings is 1. The first kappa shape index (κ1) is 6.61. The Labute approximate surface area is 58.1 Å². The SMILES string of the molecule is Nc1[c]ccc(C(=O)O)c1. The molecule has 0 aliphatic rings. The van der Waals surface area contributed by atoms with Crippen LogP contribution in [0, 0.1) is 6.07 Å². The molecule has 0 saturated heterocycles. The molecule has 0 bridgehead atoms. The van der Waals surface area contributed by atoms with Crippen molar-refractivity contribution in [3.05, 3.63) is 29.8 Å². The third-order valence-corrected chi connectivity index (χ3v) is 1.07. The molecule has 0 heterocycles. The third kappa shape index (κ3) is 1.25. The van der Waals surface area contributed by atoms with Gasteiger partial charge in [-0.15, -0.1) is 0 Å². The molecule has 0 spiro atoms. The molecule has 0 saturated carbocycles. The number of hydrogen-bond acceptors (Lipinski definition) is 2. The Bertz CT molecular complexity index is 258. The Hall–Kier alpha value is -1.51. The van der Waals surface area contributed by atoms with E-state index in [0.29, 0.717) is 5.69 Å². The van der Waals surface area contributed by atoms with E-state index < -0.39 is 5.97 Å². The second-order valence-electron chi connectivity index (χ2n) is 1.84. The van der Waals surface area contributed by atoms with E-state index in [4.69, 9.17) is 10.8 Å². The lowest BCUT2D eigenvalue weighted by molar-refractivity contribution is 0.0697. The summed E-state index contributed by atoms with van der Waals surface area (Å²) in [4.78, 5) is 10.3. The Kier molecular flexibility index (Phi) is 1.58. The van der Waals surface area contributed by atoms with E-state index in [-0.39, 0.29) is 5.56 Å². The zero-order valence-electron chi connectivity index (χ0n) is 5.16. The minimum atomic E-state index is -0.972. The number of aromatic carboxylic acids is 1. The molecule has 51 valence electrons. The van der Waals surface area contributed by atoms with Gasteiger partial charge in [-0.1, -0.05) is 6.07 Å². The summed E-state index contributed by atoms with van der Waals surface area (Å²) >= 11 is 0. The molecule has 1 radical (unpaired) electrons. The van der Waals surface area contributed by atoms with Crippen molar-refractivity contribution in [2.75, 3.05) is 5.73 Å². The molecular formula is C7H6NO2. The molecule has 0 aromatic heterocycles. The quantitative estimate of drug-likeness (QED) is 0.560. The van der Waals surface area contributed by atoms with Gasteiger partial charge in [0.25, 0.3) is 0 Å². The van der Waals surface area contributed by atoms with Crippen molar-refractivity contribution in [2.45, 2.75) is 0 Å². The Morgan fingerprint density at radius 3 is 2.80 bits per heavy atom. The monoisotopic (exact) mass is 136 g/mol. The van der Waals surface area contributed by atoms with Gasteiger partial charge in [0.2, 0.25) is 0 Å². The average Bonchev–Trinajstić information content (AvgIpc) is 1.88. The van der Waals surface area contributed by atoms with Crippen LogP contribution in [0.2, 0.25) is 0 Å². The highest BCUT2D eigenvalue weighted by molar-refractivity contribution is 5.88. The maximum atomic E-state index is 10.3. The van der Waals surface area contributed by atoms with Gasteiger partial charge in [-0.3, -0.25) is 0 Å². The maximum absolute atomic E-state index is 10.3. The zero-order chi connectivity index (χ0) is 7.56. The predicted octanol–water partition coefficient (Wildman–Crippen LogP) is 0.767.